The van der Waals surface area contributed by atoms with Crippen molar-refractivity contribution in [2.24, 2.45) is 5.73 Å². The van der Waals surface area contributed by atoms with Crippen LogP contribution in [0.3, 0.4) is 0 Å². The van der Waals surface area contributed by atoms with Gasteiger partial charge in [0.2, 0.25) is 0 Å². The highest BCUT2D eigenvalue weighted by Crippen LogP contribution is 2.28. The van der Waals surface area contributed by atoms with E-state index in [0.29, 0.717) is 24.5 Å². The molecule has 90 valence electrons. The van der Waals surface area contributed by atoms with Crippen LogP contribution in [0.25, 0.3) is 11.3 Å². The highest BCUT2D eigenvalue weighted by molar-refractivity contribution is 5.57. The molecule has 2 N–H and O–H groups in total. The summed E-state index contributed by atoms with van der Waals surface area (Å²) in [6.45, 7) is 2.35. The Morgan fingerprint density at radius 3 is 2.53 bits per heavy atom. The van der Waals surface area contributed by atoms with Crippen molar-refractivity contribution < 1.29 is 8.81 Å². The summed E-state index contributed by atoms with van der Waals surface area (Å²) in [6.07, 6.45) is -0.819. The standard InChI is InChI=1S/C14H16FNO/c1-10-2-4-11(5-3-10)13-6-7-14(17-13)12(15)8-9-16/h2-7,12H,8-9,16H2,1H3. The van der Waals surface area contributed by atoms with E-state index in [9.17, 15) is 4.39 Å². The van der Waals surface area contributed by atoms with Crippen LogP contribution in [0.15, 0.2) is 40.8 Å². The monoisotopic (exact) mass is 233 g/mol. The van der Waals surface area contributed by atoms with E-state index in [1.54, 1.807) is 12.1 Å². The van der Waals surface area contributed by atoms with Gasteiger partial charge in [-0.05, 0) is 32.0 Å². The van der Waals surface area contributed by atoms with Crippen LogP contribution in [-0.2, 0) is 0 Å². The molecule has 0 bridgehead atoms. The second kappa shape index (κ2) is 5.15. The average Bonchev–Trinajstić information content (AvgIpc) is 2.80. The Morgan fingerprint density at radius 1 is 1.18 bits per heavy atom. The minimum atomic E-state index is -1.11. The summed E-state index contributed by atoms with van der Waals surface area (Å²) in [4.78, 5) is 0. The number of benzene rings is 1. The van der Waals surface area contributed by atoms with Crippen LogP contribution in [-0.4, -0.2) is 6.54 Å². The molecule has 1 heterocycles. The van der Waals surface area contributed by atoms with Crippen LogP contribution in [0, 0.1) is 6.92 Å². The van der Waals surface area contributed by atoms with Crippen molar-refractivity contribution in [2.75, 3.05) is 6.54 Å². The molecule has 0 amide bonds. The number of halogens is 1. The third-order valence-corrected chi connectivity index (χ3v) is 2.69. The first kappa shape index (κ1) is 11.9. The van der Waals surface area contributed by atoms with Gasteiger partial charge in [-0.25, -0.2) is 4.39 Å². The number of hydrogen-bond acceptors (Lipinski definition) is 2. The topological polar surface area (TPSA) is 39.2 Å². The summed E-state index contributed by atoms with van der Waals surface area (Å²) >= 11 is 0. The lowest BCUT2D eigenvalue weighted by Crippen LogP contribution is -2.02. The second-order valence-electron chi connectivity index (χ2n) is 4.11. The van der Waals surface area contributed by atoms with Gasteiger partial charge in [-0.1, -0.05) is 29.8 Å². The quantitative estimate of drug-likeness (QED) is 0.876. The summed E-state index contributed by atoms with van der Waals surface area (Å²) in [5.41, 5.74) is 7.47. The Balaban J connectivity index is 2.20. The van der Waals surface area contributed by atoms with Crippen molar-refractivity contribution in [1.29, 1.82) is 0 Å². The van der Waals surface area contributed by atoms with E-state index >= 15 is 0 Å². The van der Waals surface area contributed by atoms with Gasteiger partial charge < -0.3 is 10.2 Å². The van der Waals surface area contributed by atoms with Gasteiger partial charge in [-0.2, -0.15) is 0 Å². The fourth-order valence-corrected chi connectivity index (χ4v) is 1.68. The maximum Gasteiger partial charge on any atom is 0.159 e. The SMILES string of the molecule is Cc1ccc(-c2ccc(C(F)CCN)o2)cc1. The van der Waals surface area contributed by atoms with Gasteiger partial charge in [0.25, 0.3) is 0 Å². The third-order valence-electron chi connectivity index (χ3n) is 2.69. The van der Waals surface area contributed by atoms with Gasteiger partial charge >= 0.3 is 0 Å². The smallest absolute Gasteiger partial charge is 0.159 e. The lowest BCUT2D eigenvalue weighted by molar-refractivity contribution is 0.276. The molecule has 0 fully saturated rings. The third kappa shape index (κ3) is 2.74. The zero-order valence-electron chi connectivity index (χ0n) is 9.82. The fourth-order valence-electron chi connectivity index (χ4n) is 1.68. The van der Waals surface area contributed by atoms with Crippen LogP contribution in [0.1, 0.15) is 23.9 Å². The van der Waals surface area contributed by atoms with Gasteiger partial charge in [-0.3, -0.25) is 0 Å². The van der Waals surface area contributed by atoms with Crippen LogP contribution in [0.5, 0.6) is 0 Å². The number of nitrogens with two attached hydrogens (primary N) is 1. The van der Waals surface area contributed by atoms with Gasteiger partial charge in [0.15, 0.2) is 6.17 Å². The summed E-state index contributed by atoms with van der Waals surface area (Å²) in [5, 5.41) is 0. The molecule has 1 aromatic carbocycles. The van der Waals surface area contributed by atoms with E-state index < -0.39 is 6.17 Å². The van der Waals surface area contributed by atoms with Gasteiger partial charge in [0.1, 0.15) is 11.5 Å². The Kier molecular flexibility index (Phi) is 3.59. The minimum absolute atomic E-state index is 0.293. The Hall–Kier alpha value is -1.61. The number of hydrogen-bond donors (Lipinski definition) is 1. The number of furan rings is 1. The van der Waals surface area contributed by atoms with Crippen molar-refractivity contribution >= 4 is 0 Å². The summed E-state index contributed by atoms with van der Waals surface area (Å²) < 4.78 is 19.0. The summed E-state index contributed by atoms with van der Waals surface area (Å²) in [7, 11) is 0. The maximum atomic E-state index is 13.6. The molecule has 2 aromatic rings. The molecule has 2 rings (SSSR count). The largest absolute Gasteiger partial charge is 0.458 e. The molecule has 0 spiro atoms. The second-order valence-corrected chi connectivity index (χ2v) is 4.11. The van der Waals surface area contributed by atoms with Crippen molar-refractivity contribution in [3.63, 3.8) is 0 Å². The molecule has 0 aliphatic heterocycles. The highest BCUT2D eigenvalue weighted by atomic mass is 19.1. The van der Waals surface area contributed by atoms with Crippen LogP contribution >= 0.6 is 0 Å². The molecular formula is C14H16FNO. The molecule has 0 saturated carbocycles. The van der Waals surface area contributed by atoms with E-state index in [2.05, 4.69) is 0 Å². The van der Waals surface area contributed by atoms with Crippen LogP contribution in [0.2, 0.25) is 0 Å². The molecule has 3 heteroatoms. The first-order valence-electron chi connectivity index (χ1n) is 5.71. The molecule has 1 unspecified atom stereocenters. The van der Waals surface area contributed by atoms with Crippen molar-refractivity contribution in [3.05, 3.63) is 47.7 Å². The Bertz CT molecular complexity index is 475. The molecule has 0 aliphatic carbocycles. The predicted octanol–water partition coefficient (Wildman–Crippen LogP) is 3.61. The maximum absolute atomic E-state index is 13.6. The van der Waals surface area contributed by atoms with Crippen molar-refractivity contribution in [2.45, 2.75) is 19.5 Å². The van der Waals surface area contributed by atoms with E-state index in [4.69, 9.17) is 10.2 Å². The summed E-state index contributed by atoms with van der Waals surface area (Å²) in [6, 6.07) is 11.4. The predicted molar refractivity (Wildman–Crippen MR) is 66.4 cm³/mol. The van der Waals surface area contributed by atoms with E-state index in [1.165, 1.54) is 5.56 Å². The minimum Gasteiger partial charge on any atom is -0.458 e. The van der Waals surface area contributed by atoms with E-state index in [0.717, 1.165) is 5.56 Å². The molecule has 1 aromatic heterocycles. The molecule has 2 nitrogen and oxygen atoms in total. The Morgan fingerprint density at radius 2 is 1.88 bits per heavy atom. The normalized spacial score (nSPS) is 12.6. The van der Waals surface area contributed by atoms with Gasteiger partial charge in [0.05, 0.1) is 0 Å². The Labute approximate surface area is 100 Å². The first-order valence-corrected chi connectivity index (χ1v) is 5.71. The number of alkyl halides is 1. The molecule has 0 saturated heterocycles. The molecule has 0 radical (unpaired) electrons. The van der Waals surface area contributed by atoms with E-state index in [1.807, 2.05) is 31.2 Å². The molecular weight excluding hydrogens is 217 g/mol. The van der Waals surface area contributed by atoms with Crippen LogP contribution in [0.4, 0.5) is 4.39 Å². The summed E-state index contributed by atoms with van der Waals surface area (Å²) in [5.74, 6) is 1.05. The van der Waals surface area contributed by atoms with E-state index in [-0.39, 0.29) is 0 Å². The van der Waals surface area contributed by atoms with Gasteiger partial charge in [0, 0.05) is 5.56 Å². The molecule has 17 heavy (non-hydrogen) atoms. The lowest BCUT2D eigenvalue weighted by Gasteiger charge is -2.02. The molecule has 0 aliphatic rings. The number of aryl methyl sites for hydroxylation is 1. The first-order chi connectivity index (χ1) is 8.20. The molecule has 1 atom stereocenters. The van der Waals surface area contributed by atoms with Gasteiger partial charge in [-0.15, -0.1) is 0 Å². The highest BCUT2D eigenvalue weighted by Gasteiger charge is 2.14. The van der Waals surface area contributed by atoms with Crippen molar-refractivity contribution in [1.82, 2.24) is 0 Å². The zero-order chi connectivity index (χ0) is 12.3. The lowest BCUT2D eigenvalue weighted by atomic mass is 10.1. The average molecular weight is 233 g/mol. The van der Waals surface area contributed by atoms with Crippen molar-refractivity contribution in [3.8, 4) is 11.3 Å². The number of rotatable bonds is 4. The zero-order valence-corrected chi connectivity index (χ0v) is 9.82. The fraction of sp³-hybridized carbons (Fsp3) is 0.286. The van der Waals surface area contributed by atoms with Crippen LogP contribution < -0.4 is 5.73 Å².